The SMILES string of the molecule is C=CCc1cccc(C2C3=CCC4C(=O)N(c5ccc(C(C)=O)cc5)C(=O)C4C3CC3C(=O)N(Nc4ncc(C(F)(F)F)cc4Cl)C(=O)C32c2ccc(Cl)cc2)c1O. The van der Waals surface area contributed by atoms with E-state index in [-0.39, 0.29) is 42.0 Å². The number of halogens is 5. The summed E-state index contributed by atoms with van der Waals surface area (Å²) in [5.74, 6) is -8.30. The fraction of sp³-hybridized carbons (Fsp3) is 0.256. The highest BCUT2D eigenvalue weighted by Gasteiger charge is 2.70. The lowest BCUT2D eigenvalue weighted by Crippen LogP contribution is -2.53. The average Bonchev–Trinajstić information content (AvgIpc) is 3.57. The fourth-order valence-corrected chi connectivity index (χ4v) is 9.73. The lowest BCUT2D eigenvalue weighted by molar-refractivity contribution is -0.139. The van der Waals surface area contributed by atoms with Gasteiger partial charge in [-0.05, 0) is 85.7 Å². The molecule has 3 aromatic carbocycles. The Morgan fingerprint density at radius 1 is 1.00 bits per heavy atom. The number of nitrogens with one attached hydrogen (secondary N) is 1. The number of rotatable bonds is 8. The molecule has 6 atom stereocenters. The second kappa shape index (κ2) is 14.2. The standard InChI is InChI=1S/C43H33Cl2F3N4O6/c1-3-5-23-6-4-7-30(36(23)54)35-28-16-17-29-34(40(57)51(38(29)55)27-14-8-22(9-15-27)21(2)53)31(28)19-32-39(56)52(41(58)42(32,35)24-10-12-26(44)13-11-24)50-37-33(45)18-25(20-49-37)43(46,47)48/h3-4,6-16,18,20,29,31-32,34-35,54H,1,5,17,19H2,2H3,(H,49,50). The van der Waals surface area contributed by atoms with Gasteiger partial charge < -0.3 is 5.11 Å². The number of pyridine rings is 1. The van der Waals surface area contributed by atoms with Crippen LogP contribution in [0.5, 0.6) is 5.75 Å². The van der Waals surface area contributed by atoms with Crippen molar-refractivity contribution in [1.29, 1.82) is 0 Å². The van der Waals surface area contributed by atoms with Crippen LogP contribution in [0.3, 0.4) is 0 Å². The molecular weight excluding hydrogens is 796 g/mol. The summed E-state index contributed by atoms with van der Waals surface area (Å²) in [7, 11) is 0. The molecule has 58 heavy (non-hydrogen) atoms. The van der Waals surface area contributed by atoms with Crippen molar-refractivity contribution in [2.24, 2.45) is 23.7 Å². The van der Waals surface area contributed by atoms with E-state index in [0.717, 1.165) is 4.90 Å². The monoisotopic (exact) mass is 828 g/mol. The number of aromatic hydroxyl groups is 1. The van der Waals surface area contributed by atoms with Crippen LogP contribution < -0.4 is 10.3 Å². The number of nitrogens with zero attached hydrogens (tertiary/aromatic N) is 3. The molecule has 0 spiro atoms. The molecule has 4 amide bonds. The van der Waals surface area contributed by atoms with Crippen LogP contribution in [0.15, 0.2) is 103 Å². The minimum Gasteiger partial charge on any atom is -0.507 e. The fourth-order valence-electron chi connectivity index (χ4n) is 9.39. The first kappa shape index (κ1) is 39.1. The van der Waals surface area contributed by atoms with E-state index < -0.39 is 81.2 Å². The number of allylic oxidation sites excluding steroid dienone is 3. The number of ketones is 1. The molecule has 1 saturated carbocycles. The molecule has 10 nitrogen and oxygen atoms in total. The van der Waals surface area contributed by atoms with Gasteiger partial charge in [0, 0.05) is 28.3 Å². The number of hydrazine groups is 1. The summed E-state index contributed by atoms with van der Waals surface area (Å²) in [6.07, 6.45) is -0.586. The Labute approximate surface area is 339 Å². The number of fused-ring (bicyclic) bond motifs is 4. The van der Waals surface area contributed by atoms with Gasteiger partial charge >= 0.3 is 6.18 Å². The number of carbonyl (C=O) groups excluding carboxylic acids is 5. The normalized spacial score (nSPS) is 25.3. The summed E-state index contributed by atoms with van der Waals surface area (Å²) < 4.78 is 40.6. The topological polar surface area (TPSA) is 137 Å². The number of carbonyl (C=O) groups is 5. The van der Waals surface area contributed by atoms with Gasteiger partial charge in [0.1, 0.15) is 5.75 Å². The van der Waals surface area contributed by atoms with E-state index in [1.807, 2.05) is 6.08 Å². The Morgan fingerprint density at radius 2 is 1.71 bits per heavy atom. The van der Waals surface area contributed by atoms with Crippen molar-refractivity contribution in [3.05, 3.63) is 141 Å². The first-order valence-electron chi connectivity index (χ1n) is 18.3. The molecule has 3 heterocycles. The first-order valence-corrected chi connectivity index (χ1v) is 19.1. The maximum absolute atomic E-state index is 15.4. The number of phenolic OH excluding ortho intramolecular Hbond substituents is 1. The number of hydrogen-bond acceptors (Lipinski definition) is 8. The lowest BCUT2D eigenvalue weighted by Gasteiger charge is -2.50. The van der Waals surface area contributed by atoms with Crippen LogP contribution in [-0.4, -0.2) is 44.5 Å². The Hall–Kier alpha value is -5.79. The van der Waals surface area contributed by atoms with Gasteiger partial charge in [-0.1, -0.05) is 71.3 Å². The van der Waals surface area contributed by atoms with Crippen LogP contribution in [0.2, 0.25) is 10.0 Å². The van der Waals surface area contributed by atoms with Crippen molar-refractivity contribution < 1.29 is 42.3 Å². The third kappa shape index (κ3) is 5.93. The van der Waals surface area contributed by atoms with E-state index in [1.54, 1.807) is 48.5 Å². The Kier molecular flexibility index (Phi) is 9.59. The Bertz CT molecular complexity index is 2470. The number of amides is 4. The summed E-state index contributed by atoms with van der Waals surface area (Å²) in [5, 5.41) is 12.5. The molecule has 15 heteroatoms. The number of anilines is 2. The van der Waals surface area contributed by atoms with Crippen molar-refractivity contribution in [1.82, 2.24) is 9.99 Å². The molecule has 3 fully saturated rings. The summed E-state index contributed by atoms with van der Waals surface area (Å²) in [5.41, 5.74) is 1.95. The van der Waals surface area contributed by atoms with Gasteiger partial charge in [0.25, 0.3) is 11.8 Å². The van der Waals surface area contributed by atoms with Crippen LogP contribution in [-0.2, 0) is 37.2 Å². The van der Waals surface area contributed by atoms with Crippen molar-refractivity contribution in [3.8, 4) is 5.75 Å². The molecule has 0 radical (unpaired) electrons. The van der Waals surface area contributed by atoms with Gasteiger partial charge in [-0.15, -0.1) is 6.58 Å². The number of benzene rings is 3. The average molecular weight is 830 g/mol. The molecule has 4 aromatic rings. The number of alkyl halides is 3. The maximum Gasteiger partial charge on any atom is 0.417 e. The van der Waals surface area contributed by atoms with Gasteiger partial charge in [-0.25, -0.2) is 4.98 Å². The van der Waals surface area contributed by atoms with Gasteiger partial charge in [0.05, 0.1) is 39.4 Å². The predicted molar refractivity (Wildman–Crippen MR) is 208 cm³/mol. The minimum absolute atomic E-state index is 0.100. The number of aromatic nitrogens is 1. The number of para-hydroxylation sites is 1. The zero-order chi connectivity index (χ0) is 41.4. The van der Waals surface area contributed by atoms with Crippen molar-refractivity contribution in [2.45, 2.75) is 43.7 Å². The van der Waals surface area contributed by atoms with Crippen molar-refractivity contribution >= 4 is 64.1 Å². The number of imide groups is 2. The van der Waals surface area contributed by atoms with Crippen LogP contribution in [0.1, 0.15) is 58.3 Å². The summed E-state index contributed by atoms with van der Waals surface area (Å²) >= 11 is 12.6. The van der Waals surface area contributed by atoms with E-state index in [9.17, 15) is 37.5 Å². The lowest BCUT2D eigenvalue weighted by atomic mass is 9.49. The zero-order valence-corrected chi connectivity index (χ0v) is 32.1. The van der Waals surface area contributed by atoms with Gasteiger partial charge in [-0.2, -0.15) is 18.2 Å². The predicted octanol–water partition coefficient (Wildman–Crippen LogP) is 8.23. The molecule has 8 rings (SSSR count). The second-order valence-electron chi connectivity index (χ2n) is 14.9. The molecule has 2 aliphatic heterocycles. The third-order valence-corrected chi connectivity index (χ3v) is 12.5. The molecular formula is C43H33Cl2F3N4O6. The van der Waals surface area contributed by atoms with E-state index in [2.05, 4.69) is 17.0 Å². The van der Waals surface area contributed by atoms with E-state index in [0.29, 0.717) is 44.6 Å². The van der Waals surface area contributed by atoms with Crippen molar-refractivity contribution in [3.63, 3.8) is 0 Å². The maximum atomic E-state index is 15.4. The highest BCUT2D eigenvalue weighted by Crippen LogP contribution is 2.65. The Balaban J connectivity index is 1.31. The van der Waals surface area contributed by atoms with E-state index in [4.69, 9.17) is 23.2 Å². The molecule has 0 bridgehead atoms. The highest BCUT2D eigenvalue weighted by atomic mass is 35.5. The molecule has 6 unspecified atom stereocenters. The smallest absolute Gasteiger partial charge is 0.417 e. The van der Waals surface area contributed by atoms with Crippen LogP contribution >= 0.6 is 23.2 Å². The summed E-state index contributed by atoms with van der Waals surface area (Å²) in [6, 6.07) is 18.1. The largest absolute Gasteiger partial charge is 0.507 e. The molecule has 2 N–H and O–H groups in total. The highest BCUT2D eigenvalue weighted by molar-refractivity contribution is 6.33. The molecule has 4 aliphatic rings. The second-order valence-corrected chi connectivity index (χ2v) is 15.7. The number of phenols is 1. The van der Waals surface area contributed by atoms with Crippen molar-refractivity contribution in [2.75, 3.05) is 10.3 Å². The van der Waals surface area contributed by atoms with Crippen LogP contribution in [0, 0.1) is 23.7 Å². The number of hydrogen-bond donors (Lipinski definition) is 2. The van der Waals surface area contributed by atoms with E-state index in [1.165, 1.54) is 31.2 Å². The van der Waals surface area contributed by atoms with Crippen LogP contribution in [0.25, 0.3) is 0 Å². The molecule has 296 valence electrons. The van der Waals surface area contributed by atoms with E-state index >= 15 is 4.79 Å². The molecule has 2 saturated heterocycles. The Morgan fingerprint density at radius 3 is 2.34 bits per heavy atom. The summed E-state index contributed by atoms with van der Waals surface area (Å²) in [4.78, 5) is 76.0. The molecule has 2 aliphatic carbocycles. The van der Waals surface area contributed by atoms with Gasteiger partial charge in [0.15, 0.2) is 11.6 Å². The quantitative estimate of drug-likeness (QED) is 0.103. The van der Waals surface area contributed by atoms with Gasteiger partial charge in [-0.3, -0.25) is 34.3 Å². The number of Topliss-reactive ketones (excluding diaryl/α,β-unsaturated/α-hetero) is 1. The van der Waals surface area contributed by atoms with Gasteiger partial charge in [0.2, 0.25) is 11.8 Å². The summed E-state index contributed by atoms with van der Waals surface area (Å²) in [6.45, 7) is 5.20. The minimum atomic E-state index is -4.77. The van der Waals surface area contributed by atoms with Crippen LogP contribution in [0.4, 0.5) is 24.7 Å². The zero-order valence-electron chi connectivity index (χ0n) is 30.6. The first-order chi connectivity index (χ1) is 27.6. The molecule has 1 aromatic heterocycles. The third-order valence-electron chi connectivity index (χ3n) is 11.9.